The van der Waals surface area contributed by atoms with E-state index in [0.717, 1.165) is 0 Å². The molecule has 1 aliphatic rings. The summed E-state index contributed by atoms with van der Waals surface area (Å²) < 4.78 is 5.55. The van der Waals surface area contributed by atoms with Gasteiger partial charge in [0.1, 0.15) is 18.3 Å². The first-order valence-corrected chi connectivity index (χ1v) is 8.02. The Kier molecular flexibility index (Phi) is 6.30. The van der Waals surface area contributed by atoms with Crippen molar-refractivity contribution >= 4 is 11.8 Å². The molecule has 0 radical (unpaired) electrons. The Morgan fingerprint density at radius 2 is 1.75 bits per heavy atom. The largest absolute Gasteiger partial charge is 0.388 e. The van der Waals surface area contributed by atoms with Crippen LogP contribution in [0.2, 0.25) is 0 Å². The minimum absolute atomic E-state index is 0.0121. The molecule has 1 aliphatic heterocycles. The molecule has 7 heteroatoms. The van der Waals surface area contributed by atoms with Gasteiger partial charge in [-0.05, 0) is 26.0 Å². The maximum atomic E-state index is 12.0. The van der Waals surface area contributed by atoms with E-state index >= 15 is 0 Å². The Hall–Kier alpha value is -1.96. The van der Waals surface area contributed by atoms with Crippen molar-refractivity contribution < 1.29 is 24.5 Å². The van der Waals surface area contributed by atoms with E-state index in [0.29, 0.717) is 5.56 Å². The first-order chi connectivity index (χ1) is 11.4. The second-order valence-corrected chi connectivity index (χ2v) is 6.20. The summed E-state index contributed by atoms with van der Waals surface area (Å²) in [7, 11) is 0. The van der Waals surface area contributed by atoms with E-state index in [4.69, 9.17) is 4.74 Å². The van der Waals surface area contributed by atoms with Crippen LogP contribution in [0.1, 0.15) is 30.6 Å². The van der Waals surface area contributed by atoms with Gasteiger partial charge in [0.25, 0.3) is 5.91 Å². The van der Waals surface area contributed by atoms with Crippen LogP contribution in [0.4, 0.5) is 0 Å². The van der Waals surface area contributed by atoms with Gasteiger partial charge in [0.15, 0.2) is 0 Å². The molecule has 0 aromatic heterocycles. The van der Waals surface area contributed by atoms with Crippen LogP contribution in [0.3, 0.4) is 0 Å². The standard InChI is InChI=1S/C17H24N2O5/c1-10(2)19-14(20)8-12-15(21)16(22)13(24-12)9-18-17(23)11-6-4-3-5-7-11/h3-7,10,12-13,15-16,21-22H,8-9H2,1-2H3,(H,18,23)(H,19,20)/t12-,13+,15-,16+/m0/s1. The number of carbonyl (C=O) groups is 2. The zero-order chi connectivity index (χ0) is 17.7. The van der Waals surface area contributed by atoms with Gasteiger partial charge in [-0.15, -0.1) is 0 Å². The second-order valence-electron chi connectivity index (χ2n) is 6.20. The van der Waals surface area contributed by atoms with Gasteiger partial charge in [0, 0.05) is 18.2 Å². The second kappa shape index (κ2) is 8.23. The molecule has 2 amide bonds. The Bertz CT molecular complexity index is 563. The number of ether oxygens (including phenoxy) is 1. The lowest BCUT2D eigenvalue weighted by Crippen LogP contribution is -2.40. The van der Waals surface area contributed by atoms with Gasteiger partial charge in [-0.3, -0.25) is 9.59 Å². The summed E-state index contributed by atoms with van der Waals surface area (Å²) in [5, 5.41) is 25.4. The molecule has 132 valence electrons. The van der Waals surface area contributed by atoms with Crippen LogP contribution in [-0.2, 0) is 9.53 Å². The molecule has 1 heterocycles. The molecule has 1 aromatic carbocycles. The van der Waals surface area contributed by atoms with Crippen molar-refractivity contribution in [3.8, 4) is 0 Å². The van der Waals surface area contributed by atoms with Crippen LogP contribution in [0.15, 0.2) is 30.3 Å². The minimum atomic E-state index is -1.17. The van der Waals surface area contributed by atoms with Crippen LogP contribution >= 0.6 is 0 Å². The summed E-state index contributed by atoms with van der Waals surface area (Å²) in [5.41, 5.74) is 0.499. The summed E-state index contributed by atoms with van der Waals surface area (Å²) in [5.74, 6) is -0.544. The smallest absolute Gasteiger partial charge is 0.251 e. The number of hydrogen-bond donors (Lipinski definition) is 4. The van der Waals surface area contributed by atoms with Crippen molar-refractivity contribution in [2.45, 2.75) is 50.7 Å². The monoisotopic (exact) mass is 336 g/mol. The molecule has 0 saturated carbocycles. The number of rotatable bonds is 6. The van der Waals surface area contributed by atoms with Crippen LogP contribution in [-0.4, -0.2) is 59.0 Å². The Morgan fingerprint density at radius 1 is 1.12 bits per heavy atom. The van der Waals surface area contributed by atoms with Gasteiger partial charge in [-0.1, -0.05) is 18.2 Å². The highest BCUT2D eigenvalue weighted by atomic mass is 16.5. The van der Waals surface area contributed by atoms with Gasteiger partial charge >= 0.3 is 0 Å². The number of hydrogen-bond acceptors (Lipinski definition) is 5. The molecule has 1 aromatic rings. The summed E-state index contributed by atoms with van der Waals surface area (Å²) in [4.78, 5) is 23.8. The molecule has 2 rings (SSSR count). The predicted molar refractivity (Wildman–Crippen MR) is 87.3 cm³/mol. The highest BCUT2D eigenvalue weighted by Gasteiger charge is 2.43. The molecule has 4 atom stereocenters. The number of aliphatic hydroxyl groups is 2. The third-order valence-corrected chi connectivity index (χ3v) is 3.80. The summed E-state index contributed by atoms with van der Waals surface area (Å²) in [6.45, 7) is 3.72. The van der Waals surface area contributed by atoms with Crippen LogP contribution in [0, 0.1) is 0 Å². The molecule has 0 bridgehead atoms. The van der Waals surface area contributed by atoms with E-state index in [-0.39, 0.29) is 30.8 Å². The van der Waals surface area contributed by atoms with E-state index in [2.05, 4.69) is 10.6 Å². The fraction of sp³-hybridized carbons (Fsp3) is 0.529. The lowest BCUT2D eigenvalue weighted by molar-refractivity contribution is -0.125. The van der Waals surface area contributed by atoms with Crippen LogP contribution in [0.5, 0.6) is 0 Å². The van der Waals surface area contributed by atoms with Gasteiger partial charge in [-0.2, -0.15) is 0 Å². The number of benzene rings is 1. The lowest BCUT2D eigenvalue weighted by Gasteiger charge is -2.16. The first-order valence-electron chi connectivity index (χ1n) is 8.02. The van der Waals surface area contributed by atoms with Gasteiger partial charge in [0.05, 0.1) is 12.5 Å². The van der Waals surface area contributed by atoms with E-state index in [1.165, 1.54) is 0 Å². The Balaban J connectivity index is 1.86. The van der Waals surface area contributed by atoms with E-state index < -0.39 is 24.4 Å². The van der Waals surface area contributed by atoms with E-state index in [9.17, 15) is 19.8 Å². The van der Waals surface area contributed by atoms with Crippen molar-refractivity contribution in [3.63, 3.8) is 0 Å². The average molecular weight is 336 g/mol. The normalized spacial score (nSPS) is 26.4. The Morgan fingerprint density at radius 3 is 2.38 bits per heavy atom. The van der Waals surface area contributed by atoms with Crippen molar-refractivity contribution in [3.05, 3.63) is 35.9 Å². The van der Waals surface area contributed by atoms with Crippen LogP contribution in [0.25, 0.3) is 0 Å². The van der Waals surface area contributed by atoms with Gasteiger partial charge in [-0.25, -0.2) is 0 Å². The molecule has 4 N–H and O–H groups in total. The molecular weight excluding hydrogens is 312 g/mol. The first kappa shape index (κ1) is 18.4. The minimum Gasteiger partial charge on any atom is -0.388 e. The third kappa shape index (κ3) is 4.77. The maximum absolute atomic E-state index is 12.0. The summed E-state index contributed by atoms with van der Waals surface area (Å²) >= 11 is 0. The SMILES string of the molecule is CC(C)NC(=O)C[C@@H]1O[C@H](CNC(=O)c2ccccc2)[C@@H](O)[C@H]1O. The quantitative estimate of drug-likeness (QED) is 0.576. The third-order valence-electron chi connectivity index (χ3n) is 3.80. The summed E-state index contributed by atoms with van der Waals surface area (Å²) in [6, 6.07) is 8.65. The maximum Gasteiger partial charge on any atom is 0.251 e. The Labute approximate surface area is 141 Å². The number of aliphatic hydroxyl groups excluding tert-OH is 2. The van der Waals surface area contributed by atoms with E-state index in [1.807, 2.05) is 19.9 Å². The summed E-state index contributed by atoms with van der Waals surface area (Å²) in [6.07, 6.45) is -3.92. The fourth-order valence-corrected chi connectivity index (χ4v) is 2.61. The molecule has 7 nitrogen and oxygen atoms in total. The molecule has 1 saturated heterocycles. The molecule has 0 spiro atoms. The lowest BCUT2D eigenvalue weighted by atomic mass is 10.1. The molecule has 24 heavy (non-hydrogen) atoms. The highest BCUT2D eigenvalue weighted by Crippen LogP contribution is 2.23. The van der Waals surface area contributed by atoms with Crippen molar-refractivity contribution in [2.75, 3.05) is 6.54 Å². The highest BCUT2D eigenvalue weighted by molar-refractivity contribution is 5.94. The average Bonchev–Trinajstić information content (AvgIpc) is 2.80. The van der Waals surface area contributed by atoms with Crippen molar-refractivity contribution in [1.29, 1.82) is 0 Å². The number of nitrogens with one attached hydrogen (secondary N) is 2. The van der Waals surface area contributed by atoms with Gasteiger partial charge in [0.2, 0.25) is 5.91 Å². The molecule has 0 unspecified atom stereocenters. The number of amides is 2. The number of carbonyl (C=O) groups excluding carboxylic acids is 2. The fourth-order valence-electron chi connectivity index (χ4n) is 2.61. The van der Waals surface area contributed by atoms with E-state index in [1.54, 1.807) is 24.3 Å². The zero-order valence-electron chi connectivity index (χ0n) is 13.8. The topological polar surface area (TPSA) is 108 Å². The molecular formula is C17H24N2O5. The molecule has 1 fully saturated rings. The molecule has 0 aliphatic carbocycles. The van der Waals surface area contributed by atoms with Crippen molar-refractivity contribution in [2.24, 2.45) is 0 Å². The van der Waals surface area contributed by atoms with Crippen molar-refractivity contribution in [1.82, 2.24) is 10.6 Å². The van der Waals surface area contributed by atoms with Gasteiger partial charge < -0.3 is 25.6 Å². The van der Waals surface area contributed by atoms with Crippen LogP contribution < -0.4 is 10.6 Å². The predicted octanol–water partition coefficient (Wildman–Crippen LogP) is -0.180. The zero-order valence-corrected chi connectivity index (χ0v) is 13.8.